The summed E-state index contributed by atoms with van der Waals surface area (Å²) >= 11 is 5.96. The van der Waals surface area contributed by atoms with E-state index in [4.69, 9.17) is 16.3 Å². The molecule has 8 nitrogen and oxygen atoms in total. The van der Waals surface area contributed by atoms with E-state index in [1.165, 1.54) is 11.0 Å². The Bertz CT molecular complexity index is 1010. The summed E-state index contributed by atoms with van der Waals surface area (Å²) in [5.74, 6) is 0.663. The highest BCUT2D eigenvalue weighted by Crippen LogP contribution is 2.21. The van der Waals surface area contributed by atoms with Gasteiger partial charge in [0.25, 0.3) is 5.91 Å². The van der Waals surface area contributed by atoms with Crippen LogP contribution < -0.4 is 9.64 Å². The Morgan fingerprint density at radius 2 is 1.77 bits per heavy atom. The molecule has 0 saturated carbocycles. The highest BCUT2D eigenvalue weighted by atomic mass is 35.5. The van der Waals surface area contributed by atoms with Gasteiger partial charge >= 0.3 is 0 Å². The maximum absolute atomic E-state index is 12.8. The van der Waals surface area contributed by atoms with Crippen molar-refractivity contribution in [3.8, 4) is 5.75 Å². The van der Waals surface area contributed by atoms with Crippen LogP contribution in [0.4, 0.5) is 5.69 Å². The number of hydrogen-bond donors (Lipinski definition) is 1. The first kappa shape index (κ1) is 21.1. The van der Waals surface area contributed by atoms with Crippen LogP contribution in [0.5, 0.6) is 5.75 Å². The number of aromatic nitrogens is 3. The second-order valence-corrected chi connectivity index (χ2v) is 7.77. The topological polar surface area (TPSA) is 83.7 Å². The molecule has 1 aliphatic rings. The molecule has 3 aromatic rings. The molecule has 31 heavy (non-hydrogen) atoms. The Kier molecular flexibility index (Phi) is 6.39. The quantitative estimate of drug-likeness (QED) is 0.633. The summed E-state index contributed by atoms with van der Waals surface area (Å²) in [6.45, 7) is 2.83. The van der Waals surface area contributed by atoms with E-state index in [1.807, 2.05) is 24.3 Å². The number of nitrogens with zero attached hydrogens (tertiary/aromatic N) is 5. The molecule has 2 aromatic carbocycles. The lowest BCUT2D eigenvalue weighted by Gasteiger charge is -2.35. The zero-order valence-electron chi connectivity index (χ0n) is 17.2. The SMILES string of the molecule is COc1ccc([C@@H](O)Cn2cnc(C(=O)N3CCN(c4ccc(Cl)cc4)CC3)n2)cc1. The number of methoxy groups -OCH3 is 1. The molecule has 1 saturated heterocycles. The van der Waals surface area contributed by atoms with E-state index in [0.717, 1.165) is 30.1 Å². The van der Waals surface area contributed by atoms with Gasteiger partial charge in [0, 0.05) is 36.9 Å². The first-order chi connectivity index (χ1) is 15.0. The average molecular weight is 442 g/mol. The number of rotatable bonds is 6. The minimum absolute atomic E-state index is 0.141. The summed E-state index contributed by atoms with van der Waals surface area (Å²) in [7, 11) is 1.59. The van der Waals surface area contributed by atoms with Crippen LogP contribution in [0.2, 0.25) is 5.02 Å². The summed E-state index contributed by atoms with van der Waals surface area (Å²) in [5.41, 5.74) is 1.83. The first-order valence-corrected chi connectivity index (χ1v) is 10.4. The molecule has 0 spiro atoms. The van der Waals surface area contributed by atoms with Crippen LogP contribution in [0.15, 0.2) is 54.9 Å². The number of ether oxygens (including phenoxy) is 1. The number of aliphatic hydroxyl groups excluding tert-OH is 1. The predicted octanol–water partition coefficient (Wildman–Crippen LogP) is 2.64. The molecule has 9 heteroatoms. The van der Waals surface area contributed by atoms with Gasteiger partial charge in [0.2, 0.25) is 5.82 Å². The van der Waals surface area contributed by atoms with E-state index in [1.54, 1.807) is 36.3 Å². The van der Waals surface area contributed by atoms with Gasteiger partial charge in [0.15, 0.2) is 0 Å². The van der Waals surface area contributed by atoms with Gasteiger partial charge in [-0.3, -0.25) is 4.79 Å². The van der Waals surface area contributed by atoms with Gasteiger partial charge in [-0.15, -0.1) is 5.10 Å². The van der Waals surface area contributed by atoms with Gasteiger partial charge in [-0.05, 0) is 42.0 Å². The van der Waals surface area contributed by atoms with Crippen molar-refractivity contribution in [3.63, 3.8) is 0 Å². The third-order valence-electron chi connectivity index (χ3n) is 5.35. The van der Waals surface area contributed by atoms with Gasteiger partial charge in [0.05, 0.1) is 19.8 Å². The van der Waals surface area contributed by atoms with Crippen LogP contribution in [0.25, 0.3) is 0 Å². The fourth-order valence-electron chi connectivity index (χ4n) is 3.55. The van der Waals surface area contributed by atoms with Crippen molar-refractivity contribution in [1.82, 2.24) is 19.7 Å². The number of benzene rings is 2. The number of anilines is 1. The Labute approximate surface area is 185 Å². The van der Waals surface area contributed by atoms with Crippen LogP contribution in [0.1, 0.15) is 22.3 Å². The van der Waals surface area contributed by atoms with Crippen molar-refractivity contribution in [2.75, 3.05) is 38.2 Å². The molecule has 1 fully saturated rings. The molecule has 1 amide bonds. The lowest BCUT2D eigenvalue weighted by atomic mass is 10.1. The van der Waals surface area contributed by atoms with Crippen molar-refractivity contribution >= 4 is 23.2 Å². The molecule has 0 aliphatic carbocycles. The van der Waals surface area contributed by atoms with Gasteiger partial charge in [-0.25, -0.2) is 9.67 Å². The third-order valence-corrected chi connectivity index (χ3v) is 5.60. The third kappa shape index (κ3) is 4.98. The van der Waals surface area contributed by atoms with E-state index >= 15 is 0 Å². The summed E-state index contributed by atoms with van der Waals surface area (Å²) < 4.78 is 6.62. The van der Waals surface area contributed by atoms with E-state index in [9.17, 15) is 9.90 Å². The zero-order chi connectivity index (χ0) is 21.8. The van der Waals surface area contributed by atoms with Crippen molar-refractivity contribution in [3.05, 3.63) is 71.3 Å². The molecule has 0 bridgehead atoms. The van der Waals surface area contributed by atoms with Crippen LogP contribution >= 0.6 is 11.6 Å². The maximum Gasteiger partial charge on any atom is 0.293 e. The monoisotopic (exact) mass is 441 g/mol. The largest absolute Gasteiger partial charge is 0.497 e. The Morgan fingerprint density at radius 1 is 1.10 bits per heavy atom. The fraction of sp³-hybridized carbons (Fsp3) is 0.318. The second-order valence-electron chi connectivity index (χ2n) is 7.33. The summed E-state index contributed by atoms with van der Waals surface area (Å²) in [4.78, 5) is 20.9. The molecule has 0 radical (unpaired) electrons. The molecule has 4 rings (SSSR count). The molecule has 0 unspecified atom stereocenters. The smallest absolute Gasteiger partial charge is 0.293 e. The highest BCUT2D eigenvalue weighted by Gasteiger charge is 2.25. The Hall–Kier alpha value is -3.10. The standard InChI is InChI=1S/C22H24ClN5O3/c1-31-19-8-2-16(3-9-19)20(29)14-28-15-24-21(25-28)22(30)27-12-10-26(11-13-27)18-6-4-17(23)5-7-18/h2-9,15,20,29H,10-14H2,1H3/t20-/m0/s1. The van der Waals surface area contributed by atoms with Crippen LogP contribution in [-0.2, 0) is 6.54 Å². The molecule has 1 aliphatic heterocycles. The van der Waals surface area contributed by atoms with Crippen molar-refractivity contribution < 1.29 is 14.6 Å². The lowest BCUT2D eigenvalue weighted by molar-refractivity contribution is 0.0733. The van der Waals surface area contributed by atoms with Gasteiger partial charge in [-0.2, -0.15) is 0 Å². The highest BCUT2D eigenvalue weighted by molar-refractivity contribution is 6.30. The fourth-order valence-corrected chi connectivity index (χ4v) is 3.68. The number of amides is 1. The first-order valence-electron chi connectivity index (χ1n) is 10.0. The van der Waals surface area contributed by atoms with E-state index in [0.29, 0.717) is 18.1 Å². The molecule has 2 heterocycles. The average Bonchev–Trinajstić information content (AvgIpc) is 3.27. The second kappa shape index (κ2) is 9.36. The van der Waals surface area contributed by atoms with E-state index < -0.39 is 6.10 Å². The number of halogens is 1. The van der Waals surface area contributed by atoms with Gasteiger partial charge in [-0.1, -0.05) is 23.7 Å². The molecular formula is C22H24ClN5O3. The van der Waals surface area contributed by atoms with Gasteiger partial charge < -0.3 is 19.6 Å². The summed E-state index contributed by atoms with van der Waals surface area (Å²) in [6, 6.07) is 14.9. The summed E-state index contributed by atoms with van der Waals surface area (Å²) in [5, 5.41) is 15.4. The van der Waals surface area contributed by atoms with Crippen LogP contribution in [0, 0.1) is 0 Å². The molecule has 1 aromatic heterocycles. The number of hydrogen-bond acceptors (Lipinski definition) is 6. The van der Waals surface area contributed by atoms with Crippen LogP contribution in [0.3, 0.4) is 0 Å². The number of carbonyl (C=O) groups is 1. The normalized spacial score (nSPS) is 15.1. The minimum atomic E-state index is -0.765. The van der Waals surface area contributed by atoms with E-state index in [2.05, 4.69) is 15.0 Å². The van der Waals surface area contributed by atoms with Crippen molar-refractivity contribution in [2.24, 2.45) is 0 Å². The number of carbonyl (C=O) groups excluding carboxylic acids is 1. The number of aliphatic hydroxyl groups is 1. The molecule has 1 atom stereocenters. The Morgan fingerprint density at radius 3 is 2.42 bits per heavy atom. The molecule has 162 valence electrons. The molecule has 1 N–H and O–H groups in total. The number of piperazine rings is 1. The lowest BCUT2D eigenvalue weighted by Crippen LogP contribution is -2.49. The summed E-state index contributed by atoms with van der Waals surface area (Å²) in [6.07, 6.45) is 0.711. The van der Waals surface area contributed by atoms with E-state index in [-0.39, 0.29) is 18.3 Å². The maximum atomic E-state index is 12.8. The minimum Gasteiger partial charge on any atom is -0.497 e. The van der Waals surface area contributed by atoms with Crippen molar-refractivity contribution in [2.45, 2.75) is 12.6 Å². The molecular weight excluding hydrogens is 418 g/mol. The van der Waals surface area contributed by atoms with Crippen molar-refractivity contribution in [1.29, 1.82) is 0 Å². The zero-order valence-corrected chi connectivity index (χ0v) is 17.9. The Balaban J connectivity index is 1.33. The van der Waals surface area contributed by atoms with Gasteiger partial charge in [0.1, 0.15) is 12.1 Å². The predicted molar refractivity (Wildman–Crippen MR) is 118 cm³/mol. The van der Waals surface area contributed by atoms with Crippen LogP contribution in [-0.4, -0.2) is 64.0 Å².